The Labute approximate surface area is 214 Å². The summed E-state index contributed by atoms with van der Waals surface area (Å²) in [5, 5.41) is 9.92. The number of hydrogen-bond acceptors (Lipinski definition) is 8. The fourth-order valence-corrected chi connectivity index (χ4v) is 6.04. The number of aromatic nitrogens is 1. The number of para-hydroxylation sites is 1. The number of rotatable bonds is 7. The molecule has 1 aromatic heterocycles. The van der Waals surface area contributed by atoms with Crippen LogP contribution < -0.4 is 10.6 Å². The number of aliphatic hydroxyl groups excluding tert-OH is 1. The molecule has 0 saturated carbocycles. The first-order chi connectivity index (χ1) is 16.9. The zero-order valence-electron chi connectivity index (χ0n) is 20.3. The van der Waals surface area contributed by atoms with E-state index in [9.17, 15) is 5.11 Å². The third-order valence-electron chi connectivity index (χ3n) is 6.26. The summed E-state index contributed by atoms with van der Waals surface area (Å²) in [6.07, 6.45) is 2.47. The molecule has 1 fully saturated rings. The van der Waals surface area contributed by atoms with Gasteiger partial charge < -0.3 is 10.8 Å². The molecule has 0 aliphatic carbocycles. The maximum atomic E-state index is 9.28. The average molecular weight is 514 g/mol. The number of nitrogens with zero attached hydrogens (tertiary/aromatic N) is 6. The lowest BCUT2D eigenvalue weighted by Gasteiger charge is -2.40. The molecule has 35 heavy (non-hydrogen) atoms. The van der Waals surface area contributed by atoms with Gasteiger partial charge in [0.25, 0.3) is 0 Å². The summed E-state index contributed by atoms with van der Waals surface area (Å²) in [6.45, 7) is 13.1. The molecule has 4 rings (SSSR count). The van der Waals surface area contributed by atoms with Gasteiger partial charge in [-0.1, -0.05) is 37.2 Å². The second-order valence-electron chi connectivity index (χ2n) is 8.61. The van der Waals surface area contributed by atoms with E-state index in [1.54, 1.807) is 12.3 Å². The van der Waals surface area contributed by atoms with Crippen molar-refractivity contribution < 1.29 is 5.11 Å². The minimum atomic E-state index is 0.0105. The third-order valence-corrected chi connectivity index (χ3v) is 7.91. The van der Waals surface area contributed by atoms with Gasteiger partial charge in [0.05, 0.1) is 17.3 Å². The summed E-state index contributed by atoms with van der Waals surface area (Å²) in [6, 6.07) is 9.58. The highest BCUT2D eigenvalue weighted by Crippen LogP contribution is 2.41. The molecular weight excluding hydrogens is 481 g/mol. The van der Waals surface area contributed by atoms with Crippen molar-refractivity contribution in [3.63, 3.8) is 0 Å². The summed E-state index contributed by atoms with van der Waals surface area (Å²) in [5.41, 5.74) is 10.2. The van der Waals surface area contributed by atoms with Crippen LogP contribution in [0.3, 0.4) is 0 Å². The number of aryl methyl sites for hydroxylation is 1. The second kappa shape index (κ2) is 11.6. The van der Waals surface area contributed by atoms with E-state index < -0.39 is 0 Å². The lowest BCUT2D eigenvalue weighted by Crippen LogP contribution is -2.50. The highest BCUT2D eigenvalue weighted by Gasteiger charge is 2.32. The van der Waals surface area contributed by atoms with Gasteiger partial charge in [-0.05, 0) is 39.3 Å². The molecule has 0 amide bonds. The van der Waals surface area contributed by atoms with Crippen LogP contribution in [0.5, 0.6) is 0 Å². The van der Waals surface area contributed by atoms with Crippen molar-refractivity contribution in [2.45, 2.75) is 26.2 Å². The Morgan fingerprint density at radius 1 is 1.26 bits per heavy atom. The number of β-amino-alcohol motifs (C(OH)–C–C–N with tert-alkyl or cyclic N) is 1. The Morgan fingerprint density at radius 3 is 2.66 bits per heavy atom. The number of piperazine rings is 1. The molecule has 2 aliphatic rings. The first-order valence-electron chi connectivity index (χ1n) is 11.9. The van der Waals surface area contributed by atoms with Gasteiger partial charge in [-0.25, -0.2) is 15.0 Å². The Hall–Kier alpha value is -2.35. The fourth-order valence-electron chi connectivity index (χ4n) is 4.28. The molecule has 0 radical (unpaired) electrons. The van der Waals surface area contributed by atoms with Crippen LogP contribution in [0.25, 0.3) is 5.70 Å². The van der Waals surface area contributed by atoms with Crippen LogP contribution in [-0.4, -0.2) is 76.5 Å². The van der Waals surface area contributed by atoms with Gasteiger partial charge in [0.1, 0.15) is 23.1 Å². The normalized spacial score (nSPS) is 19.9. The van der Waals surface area contributed by atoms with Crippen LogP contribution in [0, 0.1) is 6.92 Å². The number of halogens is 1. The Bertz CT molecular complexity index is 1090. The number of benzene rings is 1. The number of aliphatic imine (C=N–C) groups is 2. The molecule has 2 aromatic rings. The molecule has 0 bridgehead atoms. The molecule has 2 aliphatic heterocycles. The van der Waals surface area contributed by atoms with Crippen molar-refractivity contribution in [1.29, 1.82) is 0 Å². The van der Waals surface area contributed by atoms with Gasteiger partial charge in [0, 0.05) is 56.6 Å². The first-order valence-corrected chi connectivity index (χ1v) is 13.3. The van der Waals surface area contributed by atoms with Crippen molar-refractivity contribution in [3.05, 3.63) is 59.3 Å². The Kier molecular flexibility index (Phi) is 8.52. The largest absolute Gasteiger partial charge is 0.395 e. The number of pyridine rings is 1. The van der Waals surface area contributed by atoms with Crippen LogP contribution in [0.4, 0.5) is 11.5 Å². The van der Waals surface area contributed by atoms with Gasteiger partial charge in [-0.2, -0.15) is 0 Å². The molecule has 0 spiro atoms. The summed E-state index contributed by atoms with van der Waals surface area (Å²) in [7, 11) is 0.313. The van der Waals surface area contributed by atoms with Crippen LogP contribution in [-0.2, 0) is 0 Å². The molecule has 186 valence electrons. The smallest absolute Gasteiger partial charge is 0.139 e. The van der Waals surface area contributed by atoms with Crippen molar-refractivity contribution in [2.75, 3.05) is 50.0 Å². The fraction of sp³-hybridized carbons (Fsp3) is 0.400. The number of anilines is 2. The van der Waals surface area contributed by atoms with E-state index in [2.05, 4.69) is 33.2 Å². The highest BCUT2D eigenvalue weighted by molar-refractivity contribution is 7.59. The van der Waals surface area contributed by atoms with E-state index in [0.29, 0.717) is 26.0 Å². The minimum absolute atomic E-state index is 0.0105. The average Bonchev–Trinajstić information content (AvgIpc) is 2.87. The van der Waals surface area contributed by atoms with Gasteiger partial charge in [0.2, 0.25) is 0 Å². The topological polar surface area (TPSA) is 93.6 Å². The molecule has 8 nitrogen and oxygen atoms in total. The quantitative estimate of drug-likeness (QED) is 0.546. The van der Waals surface area contributed by atoms with Crippen LogP contribution >= 0.6 is 20.2 Å². The van der Waals surface area contributed by atoms with E-state index in [0.717, 1.165) is 66.5 Å². The summed E-state index contributed by atoms with van der Waals surface area (Å²) in [4.78, 5) is 21.0. The van der Waals surface area contributed by atoms with Crippen molar-refractivity contribution >= 4 is 48.8 Å². The minimum Gasteiger partial charge on any atom is -0.395 e. The van der Waals surface area contributed by atoms with Crippen molar-refractivity contribution in [3.8, 4) is 0 Å². The number of amidine groups is 2. The second-order valence-corrected chi connectivity index (χ2v) is 10.3. The van der Waals surface area contributed by atoms with Crippen LogP contribution in [0.2, 0.25) is 5.02 Å². The third kappa shape index (κ3) is 5.90. The van der Waals surface area contributed by atoms with Gasteiger partial charge >= 0.3 is 0 Å². The van der Waals surface area contributed by atoms with E-state index in [-0.39, 0.29) is 12.5 Å². The standard InChI is InChI=1S/C25H33ClN7OP/c1-4-22-29-24(32-12-10-31(11-13-32)14-15-34)35-25(30-22)33(23-17(2)6-5-7-20(23)26)18(3)19-8-9-21(27)28-16-19/h5-9,16,24,34-35H,3-4,10-15H2,1-2H3,(H2,27,28). The number of nitrogens with two attached hydrogens (primary N) is 1. The molecule has 10 heteroatoms. The summed E-state index contributed by atoms with van der Waals surface area (Å²) in [5.74, 6) is 1.29. The zero-order chi connectivity index (χ0) is 24.9. The molecule has 2 atom stereocenters. The molecular formula is C25H33ClN7OP. The van der Waals surface area contributed by atoms with Gasteiger partial charge in [-0.3, -0.25) is 14.7 Å². The van der Waals surface area contributed by atoms with Crippen molar-refractivity contribution in [2.24, 2.45) is 9.98 Å². The van der Waals surface area contributed by atoms with E-state index in [4.69, 9.17) is 27.3 Å². The molecule has 3 heterocycles. The molecule has 1 aromatic carbocycles. The number of nitrogen functional groups attached to an aromatic ring is 1. The van der Waals surface area contributed by atoms with Crippen LogP contribution in [0.1, 0.15) is 24.5 Å². The SMILES string of the molecule is C=C(c1ccc(N)nc1)N(C1=NC(CC)=NC(N2CCN(CCO)CC2)P1)c1c(C)cccc1Cl. The maximum absolute atomic E-state index is 9.28. The summed E-state index contributed by atoms with van der Waals surface area (Å²) < 4.78 is 0. The molecule has 2 unspecified atom stereocenters. The number of hydrogen-bond donors (Lipinski definition) is 2. The monoisotopic (exact) mass is 513 g/mol. The Balaban J connectivity index is 1.69. The predicted octanol–water partition coefficient (Wildman–Crippen LogP) is 3.85. The summed E-state index contributed by atoms with van der Waals surface area (Å²) >= 11 is 6.76. The lowest BCUT2D eigenvalue weighted by atomic mass is 10.1. The van der Waals surface area contributed by atoms with Gasteiger partial charge in [0.15, 0.2) is 0 Å². The van der Waals surface area contributed by atoms with E-state index >= 15 is 0 Å². The number of aliphatic hydroxyl groups is 1. The van der Waals surface area contributed by atoms with Gasteiger partial charge in [-0.15, -0.1) is 0 Å². The zero-order valence-corrected chi connectivity index (χ0v) is 22.0. The highest BCUT2D eigenvalue weighted by atomic mass is 35.5. The van der Waals surface area contributed by atoms with Crippen LogP contribution in [0.15, 0.2) is 53.1 Å². The van der Waals surface area contributed by atoms with E-state index in [1.165, 1.54) is 0 Å². The van der Waals surface area contributed by atoms with E-state index in [1.807, 2.05) is 31.2 Å². The Morgan fingerprint density at radius 2 is 2.03 bits per heavy atom. The lowest BCUT2D eigenvalue weighted by molar-refractivity contribution is 0.107. The predicted molar refractivity (Wildman–Crippen MR) is 149 cm³/mol. The molecule has 3 N–H and O–H groups in total. The molecule has 1 saturated heterocycles. The van der Waals surface area contributed by atoms with Crippen molar-refractivity contribution in [1.82, 2.24) is 14.8 Å². The maximum Gasteiger partial charge on any atom is 0.139 e. The first kappa shape index (κ1) is 25.7.